The SMILES string of the molecule is CC(N)c1nnnn1-c1ccc([N+](=O)[O-])cc1F. The van der Waals surface area contributed by atoms with Gasteiger partial charge in [0, 0.05) is 6.07 Å². The van der Waals surface area contributed by atoms with Gasteiger partial charge in [-0.15, -0.1) is 5.10 Å². The first-order valence-corrected chi connectivity index (χ1v) is 4.99. The van der Waals surface area contributed by atoms with E-state index in [2.05, 4.69) is 15.5 Å². The van der Waals surface area contributed by atoms with Crippen LogP contribution in [0.4, 0.5) is 10.1 Å². The van der Waals surface area contributed by atoms with Gasteiger partial charge in [0.25, 0.3) is 5.69 Å². The summed E-state index contributed by atoms with van der Waals surface area (Å²) in [5.41, 5.74) is 5.30. The normalized spacial score (nSPS) is 12.4. The summed E-state index contributed by atoms with van der Waals surface area (Å²) >= 11 is 0. The number of nitro benzene ring substituents is 1. The number of aromatic nitrogens is 4. The van der Waals surface area contributed by atoms with Gasteiger partial charge >= 0.3 is 0 Å². The molecule has 18 heavy (non-hydrogen) atoms. The van der Waals surface area contributed by atoms with Crippen LogP contribution in [0.3, 0.4) is 0 Å². The Hall–Kier alpha value is -2.42. The lowest BCUT2D eigenvalue weighted by molar-refractivity contribution is -0.385. The summed E-state index contributed by atoms with van der Waals surface area (Å²) in [6.45, 7) is 1.64. The number of rotatable bonds is 3. The number of hydrogen-bond donors (Lipinski definition) is 1. The van der Waals surface area contributed by atoms with E-state index >= 15 is 0 Å². The molecular formula is C9H9FN6O2. The molecule has 0 bridgehead atoms. The second-order valence-corrected chi connectivity index (χ2v) is 3.63. The van der Waals surface area contributed by atoms with Crippen LogP contribution in [0.25, 0.3) is 5.69 Å². The molecular weight excluding hydrogens is 243 g/mol. The summed E-state index contributed by atoms with van der Waals surface area (Å²) in [5.74, 6) is -0.527. The molecule has 0 spiro atoms. The van der Waals surface area contributed by atoms with Gasteiger partial charge in [0.2, 0.25) is 0 Å². The highest BCUT2D eigenvalue weighted by Gasteiger charge is 2.17. The zero-order valence-corrected chi connectivity index (χ0v) is 9.32. The number of tetrazole rings is 1. The molecule has 0 saturated heterocycles. The number of non-ortho nitro benzene ring substituents is 1. The molecule has 1 aromatic heterocycles. The maximum absolute atomic E-state index is 13.8. The smallest absolute Gasteiger partial charge is 0.272 e. The van der Waals surface area contributed by atoms with E-state index in [0.29, 0.717) is 0 Å². The summed E-state index contributed by atoms with van der Waals surface area (Å²) in [7, 11) is 0. The summed E-state index contributed by atoms with van der Waals surface area (Å²) in [5, 5.41) is 21.2. The molecule has 9 heteroatoms. The molecule has 1 heterocycles. The van der Waals surface area contributed by atoms with Gasteiger partial charge in [-0.1, -0.05) is 0 Å². The Bertz CT molecular complexity index is 596. The van der Waals surface area contributed by atoms with E-state index in [-0.39, 0.29) is 17.2 Å². The molecule has 2 rings (SSSR count). The zero-order valence-electron chi connectivity index (χ0n) is 9.32. The topological polar surface area (TPSA) is 113 Å². The minimum atomic E-state index is -0.793. The van der Waals surface area contributed by atoms with E-state index in [4.69, 9.17) is 5.73 Å². The van der Waals surface area contributed by atoms with Crippen LogP contribution in [0.15, 0.2) is 18.2 Å². The van der Waals surface area contributed by atoms with Crippen molar-refractivity contribution >= 4 is 5.69 Å². The summed E-state index contributed by atoms with van der Waals surface area (Å²) in [6, 6.07) is 2.72. The van der Waals surface area contributed by atoms with E-state index in [0.717, 1.165) is 10.7 Å². The van der Waals surface area contributed by atoms with Crippen LogP contribution in [0.1, 0.15) is 18.8 Å². The summed E-state index contributed by atoms with van der Waals surface area (Å²) in [4.78, 5) is 9.82. The highest BCUT2D eigenvalue weighted by atomic mass is 19.1. The van der Waals surface area contributed by atoms with Crippen LogP contribution in [-0.4, -0.2) is 25.1 Å². The molecule has 0 saturated carbocycles. The minimum absolute atomic E-state index is 0.0119. The quantitative estimate of drug-likeness (QED) is 0.636. The highest BCUT2D eigenvalue weighted by molar-refractivity contribution is 5.42. The van der Waals surface area contributed by atoms with Crippen LogP contribution in [0.2, 0.25) is 0 Å². The van der Waals surface area contributed by atoms with Crippen molar-refractivity contribution in [3.05, 3.63) is 40.0 Å². The maximum Gasteiger partial charge on any atom is 0.272 e. The molecule has 1 aromatic carbocycles. The Morgan fingerprint density at radius 3 is 2.83 bits per heavy atom. The number of nitro groups is 1. The largest absolute Gasteiger partial charge is 0.321 e. The van der Waals surface area contributed by atoms with Crippen molar-refractivity contribution in [3.63, 3.8) is 0 Å². The second-order valence-electron chi connectivity index (χ2n) is 3.63. The third-order valence-electron chi connectivity index (χ3n) is 2.27. The van der Waals surface area contributed by atoms with Gasteiger partial charge < -0.3 is 5.73 Å². The number of hydrogen-bond acceptors (Lipinski definition) is 6. The first-order chi connectivity index (χ1) is 8.50. The van der Waals surface area contributed by atoms with E-state index in [1.165, 1.54) is 12.1 Å². The van der Waals surface area contributed by atoms with Crippen LogP contribution in [-0.2, 0) is 0 Å². The average molecular weight is 252 g/mol. The Balaban J connectivity index is 2.51. The number of nitrogens with zero attached hydrogens (tertiary/aromatic N) is 5. The molecule has 8 nitrogen and oxygen atoms in total. The molecule has 0 aliphatic heterocycles. The highest BCUT2D eigenvalue weighted by Crippen LogP contribution is 2.20. The molecule has 1 unspecified atom stereocenters. The fourth-order valence-electron chi connectivity index (χ4n) is 1.43. The predicted molar refractivity (Wildman–Crippen MR) is 58.4 cm³/mol. The molecule has 2 N–H and O–H groups in total. The first kappa shape index (κ1) is 12.0. The lowest BCUT2D eigenvalue weighted by Crippen LogP contribution is -2.14. The van der Waals surface area contributed by atoms with Crippen molar-refractivity contribution in [3.8, 4) is 5.69 Å². The van der Waals surface area contributed by atoms with Crippen LogP contribution in [0.5, 0.6) is 0 Å². The molecule has 2 aromatic rings. The monoisotopic (exact) mass is 252 g/mol. The third kappa shape index (κ3) is 2.02. The zero-order chi connectivity index (χ0) is 13.3. The van der Waals surface area contributed by atoms with E-state index in [1.807, 2.05) is 0 Å². The molecule has 94 valence electrons. The number of benzene rings is 1. The Morgan fingerprint density at radius 2 is 2.28 bits per heavy atom. The van der Waals surface area contributed by atoms with Crippen molar-refractivity contribution < 1.29 is 9.31 Å². The van der Waals surface area contributed by atoms with Gasteiger partial charge in [-0.2, -0.15) is 4.68 Å². The predicted octanol–water partition coefficient (Wildman–Crippen LogP) is 0.729. The lowest BCUT2D eigenvalue weighted by Gasteiger charge is -2.07. The van der Waals surface area contributed by atoms with Crippen LogP contribution >= 0.6 is 0 Å². The lowest BCUT2D eigenvalue weighted by atomic mass is 10.2. The van der Waals surface area contributed by atoms with Crippen molar-refractivity contribution in [2.45, 2.75) is 13.0 Å². The average Bonchev–Trinajstić information content (AvgIpc) is 2.77. The molecule has 0 aliphatic rings. The fraction of sp³-hybridized carbons (Fsp3) is 0.222. The summed E-state index contributed by atoms with van der Waals surface area (Å²) < 4.78 is 14.9. The van der Waals surface area contributed by atoms with Gasteiger partial charge in [0.1, 0.15) is 5.69 Å². The van der Waals surface area contributed by atoms with Crippen molar-refractivity contribution in [2.75, 3.05) is 0 Å². The van der Waals surface area contributed by atoms with Crippen LogP contribution < -0.4 is 5.73 Å². The van der Waals surface area contributed by atoms with Crippen LogP contribution in [0, 0.1) is 15.9 Å². The van der Waals surface area contributed by atoms with Gasteiger partial charge in [0.05, 0.1) is 17.0 Å². The van der Waals surface area contributed by atoms with E-state index < -0.39 is 16.8 Å². The van der Waals surface area contributed by atoms with E-state index in [9.17, 15) is 14.5 Å². The van der Waals surface area contributed by atoms with E-state index in [1.54, 1.807) is 6.92 Å². The number of nitrogens with two attached hydrogens (primary N) is 1. The second kappa shape index (κ2) is 4.45. The van der Waals surface area contributed by atoms with Gasteiger partial charge in [0.15, 0.2) is 11.6 Å². The molecule has 0 radical (unpaired) electrons. The van der Waals surface area contributed by atoms with Gasteiger partial charge in [-0.25, -0.2) is 4.39 Å². The fourth-order valence-corrected chi connectivity index (χ4v) is 1.43. The molecule has 0 amide bonds. The van der Waals surface area contributed by atoms with Gasteiger partial charge in [-0.05, 0) is 23.4 Å². The molecule has 1 atom stereocenters. The Labute approximate surface area is 100 Å². The van der Waals surface area contributed by atoms with Crippen molar-refractivity contribution in [1.82, 2.24) is 20.2 Å². The van der Waals surface area contributed by atoms with Gasteiger partial charge in [-0.3, -0.25) is 10.1 Å². The maximum atomic E-state index is 13.8. The Morgan fingerprint density at radius 1 is 1.56 bits per heavy atom. The Kier molecular flexibility index (Phi) is 2.98. The van der Waals surface area contributed by atoms with Crippen molar-refractivity contribution in [2.24, 2.45) is 5.73 Å². The number of halogens is 1. The van der Waals surface area contributed by atoms with Crippen molar-refractivity contribution in [1.29, 1.82) is 0 Å². The minimum Gasteiger partial charge on any atom is -0.321 e. The summed E-state index contributed by atoms with van der Waals surface area (Å²) in [6.07, 6.45) is 0. The third-order valence-corrected chi connectivity index (χ3v) is 2.27. The first-order valence-electron chi connectivity index (χ1n) is 4.99. The molecule has 0 fully saturated rings. The molecule has 0 aliphatic carbocycles. The standard InChI is InChI=1S/C9H9FN6O2/c1-5(11)9-12-13-14-15(9)8-3-2-6(16(17)18)4-7(8)10/h2-5H,11H2,1H3.